The first-order chi connectivity index (χ1) is 7.15. The van der Waals surface area contributed by atoms with E-state index in [1.807, 2.05) is 0 Å². The van der Waals surface area contributed by atoms with Crippen LogP contribution < -0.4 is 0 Å². The normalized spacial score (nSPS) is 15.4. The Morgan fingerprint density at radius 2 is 2.20 bits per heavy atom. The maximum absolute atomic E-state index is 13.8. The molecular weight excluding hydrogens is 235 g/mol. The van der Waals surface area contributed by atoms with Crippen molar-refractivity contribution in [2.45, 2.75) is 17.7 Å². The highest BCUT2D eigenvalue weighted by Crippen LogP contribution is 2.36. The molecule has 0 radical (unpaired) electrons. The highest BCUT2D eigenvalue weighted by molar-refractivity contribution is 7.98. The van der Waals surface area contributed by atoms with Gasteiger partial charge in [-0.3, -0.25) is 4.79 Å². The van der Waals surface area contributed by atoms with Crippen molar-refractivity contribution in [3.63, 3.8) is 0 Å². The lowest BCUT2D eigenvalue weighted by Crippen LogP contribution is -2.05. The predicted molar refractivity (Wildman–Crippen MR) is 60.2 cm³/mol. The van der Waals surface area contributed by atoms with Crippen molar-refractivity contribution >= 4 is 29.1 Å². The Hall–Kier alpha value is -0.540. The van der Waals surface area contributed by atoms with Crippen molar-refractivity contribution in [2.75, 3.05) is 6.26 Å². The van der Waals surface area contributed by atoms with Gasteiger partial charge in [0.05, 0.1) is 15.5 Å². The molecule has 1 aromatic rings. The minimum Gasteiger partial charge on any atom is -0.294 e. The number of thioether (sulfide) groups is 1. The Balaban J connectivity index is 2.43. The van der Waals surface area contributed by atoms with Crippen LogP contribution in [0.1, 0.15) is 23.2 Å². The number of benzene rings is 1. The summed E-state index contributed by atoms with van der Waals surface area (Å²) in [5.41, 5.74) is 0.186. The summed E-state index contributed by atoms with van der Waals surface area (Å²) in [6, 6.07) is 3.07. The van der Waals surface area contributed by atoms with Crippen molar-refractivity contribution in [1.82, 2.24) is 0 Å². The van der Waals surface area contributed by atoms with Gasteiger partial charge in [0.25, 0.3) is 0 Å². The largest absolute Gasteiger partial charge is 0.294 e. The van der Waals surface area contributed by atoms with E-state index in [0.29, 0.717) is 9.92 Å². The van der Waals surface area contributed by atoms with E-state index in [-0.39, 0.29) is 17.3 Å². The molecule has 1 fully saturated rings. The molecule has 0 atom stereocenters. The number of halogens is 2. The summed E-state index contributed by atoms with van der Waals surface area (Å²) in [6.45, 7) is 0. The van der Waals surface area contributed by atoms with Crippen LogP contribution in [-0.2, 0) is 0 Å². The van der Waals surface area contributed by atoms with Crippen molar-refractivity contribution in [3.8, 4) is 0 Å². The van der Waals surface area contributed by atoms with Gasteiger partial charge in [-0.1, -0.05) is 11.6 Å². The molecule has 1 aromatic carbocycles. The molecule has 0 unspecified atom stereocenters. The molecule has 0 bridgehead atoms. The van der Waals surface area contributed by atoms with E-state index in [1.165, 1.54) is 17.8 Å². The van der Waals surface area contributed by atoms with Gasteiger partial charge in [0.2, 0.25) is 0 Å². The molecular formula is C11H10ClFOS. The predicted octanol–water partition coefficient (Wildman–Crippen LogP) is 3.79. The Bertz CT molecular complexity index is 415. The first-order valence-electron chi connectivity index (χ1n) is 4.71. The topological polar surface area (TPSA) is 17.1 Å². The minimum atomic E-state index is -0.466. The maximum Gasteiger partial charge on any atom is 0.168 e. The van der Waals surface area contributed by atoms with Crippen LogP contribution >= 0.6 is 23.4 Å². The van der Waals surface area contributed by atoms with Crippen LogP contribution in [0.4, 0.5) is 4.39 Å². The zero-order valence-corrected chi connectivity index (χ0v) is 9.79. The molecule has 2 rings (SSSR count). The van der Waals surface area contributed by atoms with E-state index >= 15 is 0 Å². The number of hydrogen-bond acceptors (Lipinski definition) is 2. The van der Waals surface area contributed by atoms with E-state index in [1.54, 1.807) is 12.3 Å². The number of ketones is 1. The van der Waals surface area contributed by atoms with Crippen molar-refractivity contribution in [2.24, 2.45) is 5.92 Å². The number of Topliss-reactive ketones (excluding diaryl/α,β-unsaturated/α-hetero) is 1. The quantitative estimate of drug-likeness (QED) is 0.594. The smallest absolute Gasteiger partial charge is 0.168 e. The summed E-state index contributed by atoms with van der Waals surface area (Å²) in [7, 11) is 0. The van der Waals surface area contributed by atoms with Gasteiger partial charge in [-0.05, 0) is 31.2 Å². The van der Waals surface area contributed by atoms with Crippen LogP contribution in [0.3, 0.4) is 0 Å². The van der Waals surface area contributed by atoms with E-state index in [9.17, 15) is 9.18 Å². The average Bonchev–Trinajstić information content (AvgIpc) is 3.01. The first kappa shape index (κ1) is 11.0. The van der Waals surface area contributed by atoms with Crippen LogP contribution in [0.2, 0.25) is 5.02 Å². The molecule has 0 spiro atoms. The highest BCUT2D eigenvalue weighted by atomic mass is 35.5. The summed E-state index contributed by atoms with van der Waals surface area (Å²) in [5, 5.41) is 0.368. The molecule has 1 aliphatic rings. The maximum atomic E-state index is 13.8. The molecule has 0 amide bonds. The second-order valence-corrected chi connectivity index (χ2v) is 4.80. The molecule has 1 aliphatic carbocycles. The van der Waals surface area contributed by atoms with E-state index < -0.39 is 5.82 Å². The van der Waals surface area contributed by atoms with Gasteiger partial charge in [-0.15, -0.1) is 11.8 Å². The van der Waals surface area contributed by atoms with Crippen LogP contribution in [0.5, 0.6) is 0 Å². The number of rotatable bonds is 3. The van der Waals surface area contributed by atoms with E-state index in [2.05, 4.69) is 0 Å². The molecule has 0 heterocycles. The second-order valence-electron chi connectivity index (χ2n) is 3.58. The summed E-state index contributed by atoms with van der Waals surface area (Å²) in [6.07, 6.45) is 3.51. The molecule has 0 saturated heterocycles. The fraction of sp³-hybridized carbons (Fsp3) is 0.364. The Kier molecular flexibility index (Phi) is 3.03. The Labute approximate surface area is 97.0 Å². The lowest BCUT2D eigenvalue weighted by molar-refractivity contribution is 0.0963. The van der Waals surface area contributed by atoms with Crippen molar-refractivity contribution in [1.29, 1.82) is 0 Å². The van der Waals surface area contributed by atoms with Gasteiger partial charge < -0.3 is 0 Å². The van der Waals surface area contributed by atoms with Crippen LogP contribution in [0.15, 0.2) is 17.0 Å². The zero-order chi connectivity index (χ0) is 11.0. The Morgan fingerprint density at radius 3 is 2.73 bits per heavy atom. The first-order valence-corrected chi connectivity index (χ1v) is 6.31. The fourth-order valence-electron chi connectivity index (χ4n) is 1.48. The summed E-state index contributed by atoms with van der Waals surface area (Å²) >= 11 is 7.06. The Morgan fingerprint density at radius 1 is 1.53 bits per heavy atom. The van der Waals surface area contributed by atoms with Gasteiger partial charge in [-0.25, -0.2) is 4.39 Å². The highest BCUT2D eigenvalue weighted by Gasteiger charge is 2.32. The van der Waals surface area contributed by atoms with Crippen LogP contribution in [0, 0.1) is 11.7 Å². The lowest BCUT2D eigenvalue weighted by Gasteiger charge is -2.06. The van der Waals surface area contributed by atoms with Gasteiger partial charge in [0.1, 0.15) is 5.82 Å². The molecule has 15 heavy (non-hydrogen) atoms. The van der Waals surface area contributed by atoms with E-state index in [4.69, 9.17) is 11.6 Å². The van der Waals surface area contributed by atoms with Crippen LogP contribution in [-0.4, -0.2) is 12.0 Å². The molecule has 4 heteroatoms. The minimum absolute atomic E-state index is 0.0374. The third-order valence-corrected chi connectivity index (χ3v) is 3.70. The molecule has 80 valence electrons. The third kappa shape index (κ3) is 2.04. The molecule has 0 aliphatic heterocycles. The number of carbonyl (C=O) groups is 1. The molecule has 0 aromatic heterocycles. The van der Waals surface area contributed by atoms with Crippen LogP contribution in [0.25, 0.3) is 0 Å². The fourth-order valence-corrected chi connectivity index (χ4v) is 2.40. The van der Waals surface area contributed by atoms with Crippen molar-refractivity contribution < 1.29 is 9.18 Å². The number of carbonyl (C=O) groups excluding carboxylic acids is 1. The molecule has 0 N–H and O–H groups in total. The molecule has 1 saturated carbocycles. The lowest BCUT2D eigenvalue weighted by atomic mass is 10.1. The number of hydrogen-bond donors (Lipinski definition) is 0. The summed E-state index contributed by atoms with van der Waals surface area (Å²) < 4.78 is 13.8. The van der Waals surface area contributed by atoms with Gasteiger partial charge in [-0.2, -0.15) is 0 Å². The van der Waals surface area contributed by atoms with E-state index in [0.717, 1.165) is 12.8 Å². The zero-order valence-electron chi connectivity index (χ0n) is 8.22. The summed E-state index contributed by atoms with van der Waals surface area (Å²) in [5.74, 6) is -0.512. The van der Waals surface area contributed by atoms with Gasteiger partial charge >= 0.3 is 0 Å². The van der Waals surface area contributed by atoms with Crippen molar-refractivity contribution in [3.05, 3.63) is 28.5 Å². The monoisotopic (exact) mass is 244 g/mol. The van der Waals surface area contributed by atoms with Gasteiger partial charge in [0.15, 0.2) is 5.78 Å². The molecule has 1 nitrogen and oxygen atoms in total. The summed E-state index contributed by atoms with van der Waals surface area (Å²) in [4.78, 5) is 12.1. The third-order valence-electron chi connectivity index (χ3n) is 2.47. The van der Waals surface area contributed by atoms with Gasteiger partial charge in [0, 0.05) is 5.92 Å². The average molecular weight is 245 g/mol. The standard InChI is InChI=1S/C11H10ClFOS/c1-15-11-8(12)5-4-7(9(11)13)10(14)6-2-3-6/h4-6H,2-3H2,1H3. The second kappa shape index (κ2) is 4.14. The SMILES string of the molecule is CSc1c(Cl)ccc(C(=O)C2CC2)c1F.